The number of ether oxygens (including phenoxy) is 6. The highest BCUT2D eigenvalue weighted by Gasteiger charge is 2.60. The van der Waals surface area contributed by atoms with Crippen LogP contribution in [0.25, 0.3) is 0 Å². The molecular weight excluding hydrogens is 1150 g/mol. The maximum atomic E-state index is 13.4. The average Bonchev–Trinajstić information content (AvgIpc) is 1.27. The van der Waals surface area contributed by atoms with E-state index in [2.05, 4.69) is 24.5 Å². The van der Waals surface area contributed by atoms with Crippen LogP contribution < -0.4 is 16.8 Å². The first-order valence-corrected chi connectivity index (χ1v) is 33.6. The van der Waals surface area contributed by atoms with E-state index >= 15 is 0 Å². The minimum Gasteiger partial charge on any atom is -0.477 e. The third-order valence-electron chi connectivity index (χ3n) is 17.2. The summed E-state index contributed by atoms with van der Waals surface area (Å²) in [7, 11) is 0. The second-order valence-electron chi connectivity index (χ2n) is 24.7. The molecule has 0 aromatic heterocycles. The van der Waals surface area contributed by atoms with Crippen molar-refractivity contribution in [3.05, 3.63) is 12.2 Å². The fourth-order valence-corrected chi connectivity index (χ4v) is 11.8. The van der Waals surface area contributed by atoms with E-state index < -0.39 is 155 Å². The first kappa shape index (κ1) is 81.5. The van der Waals surface area contributed by atoms with Gasteiger partial charge in [-0.25, -0.2) is 4.79 Å². The Bertz CT molecular complexity index is 1830. The van der Waals surface area contributed by atoms with Crippen LogP contribution in [0.15, 0.2) is 12.2 Å². The molecule has 0 radical (unpaired) electrons. The van der Waals surface area contributed by atoms with E-state index in [9.17, 15) is 75.7 Å². The van der Waals surface area contributed by atoms with Crippen molar-refractivity contribution in [3.63, 3.8) is 0 Å². The monoisotopic (exact) mass is 1270 g/mol. The summed E-state index contributed by atoms with van der Waals surface area (Å²) in [5.41, 5.74) is 0. The van der Waals surface area contributed by atoms with Gasteiger partial charge in [-0.05, 0) is 19.3 Å². The fraction of sp³-hybridized carbons (Fsp3) is 0.922. The van der Waals surface area contributed by atoms with Gasteiger partial charge in [0.1, 0.15) is 67.1 Å². The number of hydrogen-bond acceptors (Lipinski definition) is 21. The van der Waals surface area contributed by atoms with Crippen LogP contribution in [0.2, 0.25) is 0 Å². The average molecular weight is 1270 g/mol. The van der Waals surface area contributed by atoms with Crippen molar-refractivity contribution >= 4 is 17.8 Å². The summed E-state index contributed by atoms with van der Waals surface area (Å²) >= 11 is 0. The van der Waals surface area contributed by atoms with Crippen molar-refractivity contribution in [1.29, 1.82) is 0 Å². The summed E-state index contributed by atoms with van der Waals surface area (Å²) in [6, 6.07) is -2.61. The predicted molar refractivity (Wildman–Crippen MR) is 330 cm³/mol. The van der Waals surface area contributed by atoms with Gasteiger partial charge in [0.2, 0.25) is 11.8 Å². The Hall–Kier alpha value is -2.57. The molecule has 0 aliphatic carbocycles. The molecule has 0 spiro atoms. The number of aliphatic carboxylic acids is 1. The molecule has 3 fully saturated rings. The molecule has 18 atom stereocenters. The largest absolute Gasteiger partial charge is 0.477 e. The number of carbonyl (C=O) groups excluding carboxylic acids is 2. The first-order valence-electron chi connectivity index (χ1n) is 33.6. The molecule has 0 unspecified atom stereocenters. The molecule has 0 aromatic rings. The molecule has 3 aliphatic heterocycles. The predicted octanol–water partition coefficient (Wildman–Crippen LogP) is 5.28. The van der Waals surface area contributed by atoms with Crippen LogP contribution in [0.3, 0.4) is 0 Å². The van der Waals surface area contributed by atoms with Crippen LogP contribution in [0.4, 0.5) is 0 Å². The molecule has 3 heterocycles. The van der Waals surface area contributed by atoms with Crippen molar-refractivity contribution < 1.29 is 104 Å². The van der Waals surface area contributed by atoms with Crippen molar-refractivity contribution in [2.24, 2.45) is 0 Å². The van der Waals surface area contributed by atoms with Crippen LogP contribution in [0.5, 0.6) is 0 Å². The van der Waals surface area contributed by atoms with E-state index in [1.807, 2.05) is 6.08 Å². The van der Waals surface area contributed by atoms with Crippen molar-refractivity contribution in [2.75, 3.05) is 26.4 Å². The first-order chi connectivity index (χ1) is 41.9. The molecule has 24 nitrogen and oxygen atoms in total. The number of carboxylic acids is 1. The molecule has 3 rings (SSSR count). The maximum Gasteiger partial charge on any atom is 0.364 e. The van der Waals surface area contributed by atoms with Gasteiger partial charge < -0.3 is 106 Å². The third kappa shape index (κ3) is 29.6. The number of carboxylic acid groups (broad SMARTS) is 1. The second-order valence-corrected chi connectivity index (χ2v) is 24.7. The minimum atomic E-state index is -3.08. The topological polar surface area (TPSA) is 408 Å². The van der Waals surface area contributed by atoms with Gasteiger partial charge in [-0.3, -0.25) is 9.59 Å². The Balaban J connectivity index is 0.0000264. The Morgan fingerprint density at radius 3 is 1.52 bits per heavy atom. The van der Waals surface area contributed by atoms with E-state index in [-0.39, 0.29) is 18.5 Å². The van der Waals surface area contributed by atoms with Crippen molar-refractivity contribution in [2.45, 2.75) is 349 Å². The Kier molecular flexibility index (Phi) is 43.8. The summed E-state index contributed by atoms with van der Waals surface area (Å²) in [6.45, 7) is 2.13. The molecule has 88 heavy (non-hydrogen) atoms. The highest BCUT2D eigenvalue weighted by atomic mass is 16.8. The number of amides is 2. The summed E-state index contributed by atoms with van der Waals surface area (Å²) in [5.74, 6) is -6.14. The number of nitrogens with one attached hydrogen (secondary N) is 2. The summed E-state index contributed by atoms with van der Waals surface area (Å²) < 4.78 is 34.7. The number of hydrogen-bond donors (Lipinski definition) is 15. The highest BCUT2D eigenvalue weighted by molar-refractivity contribution is 5.77. The third-order valence-corrected chi connectivity index (χ3v) is 17.2. The zero-order valence-corrected chi connectivity index (χ0v) is 53.6. The van der Waals surface area contributed by atoms with Gasteiger partial charge in [-0.1, -0.05) is 212 Å². The zero-order valence-electron chi connectivity index (χ0n) is 53.6. The van der Waals surface area contributed by atoms with Gasteiger partial charge in [0, 0.05) is 19.8 Å². The van der Waals surface area contributed by atoms with Crippen molar-refractivity contribution in [1.82, 2.24) is 16.8 Å². The number of aliphatic hydroxyl groups excluding tert-OH is 11. The molecule has 3 aliphatic rings. The molecule has 0 aromatic carbocycles. The molecule has 0 bridgehead atoms. The number of aliphatic hydroxyl groups is 11. The summed E-state index contributed by atoms with van der Waals surface area (Å²) in [6.07, 6.45) is 12.6. The van der Waals surface area contributed by atoms with Gasteiger partial charge in [-0.15, -0.1) is 0 Å². The fourth-order valence-electron chi connectivity index (χ4n) is 11.8. The molecule has 17 N–H and O–H groups in total. The van der Waals surface area contributed by atoms with Gasteiger partial charge in [0.15, 0.2) is 12.6 Å². The lowest BCUT2D eigenvalue weighted by atomic mass is 9.88. The van der Waals surface area contributed by atoms with Crippen LogP contribution in [0, 0.1) is 0 Å². The van der Waals surface area contributed by atoms with E-state index in [0.717, 1.165) is 51.9 Å². The van der Waals surface area contributed by atoms with Gasteiger partial charge >= 0.3 is 5.97 Å². The number of allylic oxidation sites excluding steroid dienone is 1. The van der Waals surface area contributed by atoms with Crippen LogP contribution in [-0.2, 0) is 42.8 Å². The van der Waals surface area contributed by atoms with Gasteiger partial charge in [-0.2, -0.15) is 0 Å². The van der Waals surface area contributed by atoms with Gasteiger partial charge in [0.05, 0.1) is 50.7 Å². The summed E-state index contributed by atoms with van der Waals surface area (Å²) in [5, 5.41) is 136. The maximum absolute atomic E-state index is 13.4. The van der Waals surface area contributed by atoms with E-state index in [4.69, 9.17) is 28.4 Å². The number of rotatable bonds is 50. The molecule has 0 saturated carbocycles. The standard InChI is InChI=1S/C64H118N2O21.H3N/c1-4-6-8-10-12-14-16-18-19-20-21-22-23-24-26-28-30-32-34-36-38-51(74)66-45(46(71)37-35-33-31-29-27-25-17-15-13-11-9-7-5-2)43-82-61-56(78)55(77)58(50(42-69)84-61)85-62-57(79)60(54(76)49(41-68)83-62)87-64(63(80)81)39-47(72)52(65-44(3)70)59(86-64)53(75)48(73)40-67;/h35,37,45-50,52-62,67-69,71-73,75-79H,4-34,36,38-43H2,1-3H3,(H,65,70)(H,66,74)(H,80,81);1H3/b37-35+;/t45-,46+,47-,48+,49+,50+,52+,53+,54-,55+,56+,57+,58+,59+,60-,61+,62-,64-;/m0./s1. The van der Waals surface area contributed by atoms with Crippen LogP contribution >= 0.6 is 0 Å². The Morgan fingerprint density at radius 1 is 0.602 bits per heavy atom. The molecule has 2 amide bonds. The lowest BCUT2D eigenvalue weighted by molar-refractivity contribution is -0.386. The van der Waals surface area contributed by atoms with E-state index in [1.165, 1.54) is 148 Å². The van der Waals surface area contributed by atoms with Crippen molar-refractivity contribution in [3.8, 4) is 0 Å². The second kappa shape index (κ2) is 47.3. The lowest BCUT2D eigenvalue weighted by Crippen LogP contribution is -2.70. The normalized spacial score (nSPS) is 28.9. The minimum absolute atomic E-state index is 0. The van der Waals surface area contributed by atoms with E-state index in [1.54, 1.807) is 6.08 Å². The SMILES string of the molecule is CCCCCCCCCCCCC/C=C/[C@@H](O)[C@H](CO[C@@H]1O[C@H](CO)[C@@H](O[C@@H]2O[C@H](CO)[C@H](O)[C@H](O[C@]3(C(=O)O)C[C@H](O)[C@@H](NC(C)=O)[C@H]([C@H](O)[C@H](O)CO)O3)[C@H]2O)[C@H](O)[C@H]1O)NC(=O)CCCCCCCCCCCCCCCCCCCCCC.N. The zero-order chi connectivity index (χ0) is 64.0. The highest BCUT2D eigenvalue weighted by Crippen LogP contribution is 2.39. The number of unbranched alkanes of at least 4 members (excludes halogenated alkanes) is 30. The van der Waals surface area contributed by atoms with Crippen LogP contribution in [0.1, 0.15) is 239 Å². The Morgan fingerprint density at radius 2 is 1.07 bits per heavy atom. The van der Waals surface area contributed by atoms with Crippen LogP contribution in [-0.4, -0.2) is 215 Å². The Labute approximate surface area is 524 Å². The number of carbonyl (C=O) groups is 3. The van der Waals surface area contributed by atoms with E-state index in [0.29, 0.717) is 12.8 Å². The quantitative estimate of drug-likeness (QED) is 0.0272. The van der Waals surface area contributed by atoms with Gasteiger partial charge in [0.25, 0.3) is 5.79 Å². The summed E-state index contributed by atoms with van der Waals surface area (Å²) in [4.78, 5) is 38.5. The lowest BCUT2D eigenvalue weighted by Gasteiger charge is -2.50. The molecule has 518 valence electrons. The smallest absolute Gasteiger partial charge is 0.364 e. The molecule has 3 saturated heterocycles. The molecular formula is C64H121N3O21. The molecule has 24 heteroatoms.